The molecule has 0 spiro atoms. The molecule has 2 amide bonds. The first-order chi connectivity index (χ1) is 14.0. The van der Waals surface area contributed by atoms with E-state index in [1.165, 1.54) is 30.5 Å². The smallest absolute Gasteiger partial charge is 0.261 e. The van der Waals surface area contributed by atoms with Crippen molar-refractivity contribution in [3.8, 4) is 5.75 Å². The van der Waals surface area contributed by atoms with Crippen LogP contribution in [0.4, 0.5) is 10.1 Å². The van der Waals surface area contributed by atoms with Crippen molar-refractivity contribution in [2.75, 3.05) is 5.32 Å². The van der Waals surface area contributed by atoms with E-state index in [0.717, 1.165) is 5.56 Å². The number of carbonyl (C=O) groups is 2. The second-order valence-corrected chi connectivity index (χ2v) is 6.33. The lowest BCUT2D eigenvalue weighted by atomic mass is 10.2. The highest BCUT2D eigenvalue weighted by molar-refractivity contribution is 6.04. The van der Waals surface area contributed by atoms with E-state index >= 15 is 0 Å². The summed E-state index contributed by atoms with van der Waals surface area (Å²) in [5, 5.41) is 5.58. The van der Waals surface area contributed by atoms with Gasteiger partial charge in [0.15, 0.2) is 6.10 Å². The summed E-state index contributed by atoms with van der Waals surface area (Å²) in [7, 11) is 0. The Balaban J connectivity index is 1.53. The quantitative estimate of drug-likeness (QED) is 0.643. The molecule has 2 aromatic carbocycles. The third-order valence-corrected chi connectivity index (χ3v) is 4.07. The molecular formula is C22H20FN3O3. The van der Waals surface area contributed by atoms with Gasteiger partial charge in [0.25, 0.3) is 11.8 Å². The monoisotopic (exact) mass is 393 g/mol. The second kappa shape index (κ2) is 9.45. The first-order valence-corrected chi connectivity index (χ1v) is 9.01. The summed E-state index contributed by atoms with van der Waals surface area (Å²) in [5.41, 5.74) is 1.88. The minimum atomic E-state index is -0.742. The van der Waals surface area contributed by atoms with Gasteiger partial charge in [0.2, 0.25) is 0 Å². The van der Waals surface area contributed by atoms with Gasteiger partial charge in [-0.1, -0.05) is 12.1 Å². The van der Waals surface area contributed by atoms with E-state index < -0.39 is 6.10 Å². The van der Waals surface area contributed by atoms with Crippen LogP contribution in [0.1, 0.15) is 22.8 Å². The number of benzene rings is 2. The maximum Gasteiger partial charge on any atom is 0.261 e. The number of amides is 2. The number of rotatable bonds is 7. The van der Waals surface area contributed by atoms with Crippen LogP contribution < -0.4 is 15.4 Å². The highest BCUT2D eigenvalue weighted by Crippen LogP contribution is 2.14. The summed E-state index contributed by atoms with van der Waals surface area (Å²) in [5.74, 6) is -0.529. The molecule has 29 heavy (non-hydrogen) atoms. The normalized spacial score (nSPS) is 11.4. The van der Waals surface area contributed by atoms with Gasteiger partial charge in [0, 0.05) is 24.6 Å². The predicted molar refractivity (Wildman–Crippen MR) is 107 cm³/mol. The average molecular weight is 393 g/mol. The standard InChI is InChI=1S/C22H20FN3O3/c1-15(29-20-9-7-18(23)8-10-20)21(27)25-13-16-4-2-6-19(12-16)26-22(28)17-5-3-11-24-14-17/h2-12,14-15H,13H2,1H3,(H,25,27)(H,26,28)/t15-/m0/s1. The molecular weight excluding hydrogens is 373 g/mol. The zero-order chi connectivity index (χ0) is 20.6. The van der Waals surface area contributed by atoms with Crippen molar-refractivity contribution >= 4 is 17.5 Å². The fourth-order valence-electron chi connectivity index (χ4n) is 2.56. The molecule has 0 bridgehead atoms. The average Bonchev–Trinajstić information content (AvgIpc) is 2.74. The SMILES string of the molecule is C[C@H](Oc1ccc(F)cc1)C(=O)NCc1cccc(NC(=O)c2cccnc2)c1. The molecule has 3 rings (SSSR count). The molecule has 0 aliphatic carbocycles. The molecule has 2 N–H and O–H groups in total. The number of aromatic nitrogens is 1. The number of ether oxygens (including phenoxy) is 1. The third kappa shape index (κ3) is 5.87. The maximum atomic E-state index is 12.9. The largest absolute Gasteiger partial charge is 0.481 e. The summed E-state index contributed by atoms with van der Waals surface area (Å²) in [6.45, 7) is 1.88. The van der Waals surface area contributed by atoms with E-state index in [2.05, 4.69) is 15.6 Å². The highest BCUT2D eigenvalue weighted by Gasteiger charge is 2.14. The molecule has 0 fully saturated rings. The van der Waals surface area contributed by atoms with Crippen LogP contribution in [0.25, 0.3) is 0 Å². The zero-order valence-corrected chi connectivity index (χ0v) is 15.8. The third-order valence-electron chi connectivity index (χ3n) is 4.07. The van der Waals surface area contributed by atoms with Gasteiger partial charge in [0.1, 0.15) is 11.6 Å². The van der Waals surface area contributed by atoms with Gasteiger partial charge in [0.05, 0.1) is 5.56 Å². The van der Waals surface area contributed by atoms with E-state index in [0.29, 0.717) is 17.0 Å². The van der Waals surface area contributed by atoms with Crippen LogP contribution in [-0.2, 0) is 11.3 Å². The van der Waals surface area contributed by atoms with Crippen molar-refractivity contribution in [1.29, 1.82) is 0 Å². The molecule has 7 heteroatoms. The van der Waals surface area contributed by atoms with Crippen molar-refractivity contribution in [2.45, 2.75) is 19.6 Å². The van der Waals surface area contributed by atoms with Crippen molar-refractivity contribution in [3.63, 3.8) is 0 Å². The number of nitrogens with one attached hydrogen (secondary N) is 2. The Hall–Kier alpha value is -3.74. The molecule has 0 aliphatic rings. The molecule has 6 nitrogen and oxygen atoms in total. The Morgan fingerprint density at radius 2 is 1.90 bits per heavy atom. The molecule has 0 radical (unpaired) electrons. The van der Waals surface area contributed by atoms with Crippen LogP contribution in [0.2, 0.25) is 0 Å². The Morgan fingerprint density at radius 1 is 1.10 bits per heavy atom. The van der Waals surface area contributed by atoms with Crippen LogP contribution >= 0.6 is 0 Å². The van der Waals surface area contributed by atoms with E-state index in [1.54, 1.807) is 43.5 Å². The minimum absolute atomic E-state index is 0.263. The molecule has 0 unspecified atom stereocenters. The number of carbonyl (C=O) groups excluding carboxylic acids is 2. The highest BCUT2D eigenvalue weighted by atomic mass is 19.1. The molecule has 1 aromatic heterocycles. The molecule has 1 atom stereocenters. The second-order valence-electron chi connectivity index (χ2n) is 6.33. The summed E-state index contributed by atoms with van der Waals surface area (Å²) in [6, 6.07) is 16.0. The molecule has 1 heterocycles. The Labute approximate surface area is 167 Å². The van der Waals surface area contributed by atoms with Crippen molar-refractivity contribution in [3.05, 3.63) is 90.0 Å². The predicted octanol–water partition coefficient (Wildman–Crippen LogP) is 3.56. The van der Waals surface area contributed by atoms with Crippen LogP contribution in [0.15, 0.2) is 73.1 Å². The first kappa shape index (κ1) is 20.0. The van der Waals surface area contributed by atoms with Crippen LogP contribution in [0, 0.1) is 5.82 Å². The molecule has 0 saturated carbocycles. The fraction of sp³-hybridized carbons (Fsp3) is 0.136. The minimum Gasteiger partial charge on any atom is -0.481 e. The van der Waals surface area contributed by atoms with Gasteiger partial charge < -0.3 is 15.4 Å². The first-order valence-electron chi connectivity index (χ1n) is 9.01. The lowest BCUT2D eigenvalue weighted by Gasteiger charge is -2.15. The van der Waals surface area contributed by atoms with Crippen LogP contribution in [-0.4, -0.2) is 22.9 Å². The van der Waals surface area contributed by atoms with E-state index in [9.17, 15) is 14.0 Å². The lowest BCUT2D eigenvalue weighted by Crippen LogP contribution is -2.35. The van der Waals surface area contributed by atoms with Crippen LogP contribution in [0.5, 0.6) is 5.75 Å². The van der Waals surface area contributed by atoms with Crippen molar-refractivity contribution in [1.82, 2.24) is 10.3 Å². The molecule has 148 valence electrons. The number of hydrogen-bond acceptors (Lipinski definition) is 4. The molecule has 3 aromatic rings. The Kier molecular flexibility index (Phi) is 6.52. The number of hydrogen-bond donors (Lipinski definition) is 2. The van der Waals surface area contributed by atoms with Crippen LogP contribution in [0.3, 0.4) is 0 Å². The Morgan fingerprint density at radius 3 is 2.62 bits per heavy atom. The summed E-state index contributed by atoms with van der Waals surface area (Å²) >= 11 is 0. The summed E-state index contributed by atoms with van der Waals surface area (Å²) < 4.78 is 18.4. The van der Waals surface area contributed by atoms with Gasteiger partial charge in [-0.25, -0.2) is 4.39 Å². The number of pyridine rings is 1. The Bertz CT molecular complexity index is 978. The van der Waals surface area contributed by atoms with E-state index in [-0.39, 0.29) is 24.2 Å². The molecule has 0 saturated heterocycles. The number of nitrogens with zero attached hydrogens (tertiary/aromatic N) is 1. The van der Waals surface area contributed by atoms with Crippen molar-refractivity contribution in [2.24, 2.45) is 0 Å². The van der Waals surface area contributed by atoms with E-state index in [4.69, 9.17) is 4.74 Å². The van der Waals surface area contributed by atoms with Gasteiger partial charge in [-0.2, -0.15) is 0 Å². The fourth-order valence-corrected chi connectivity index (χ4v) is 2.56. The van der Waals surface area contributed by atoms with Gasteiger partial charge in [-0.3, -0.25) is 14.6 Å². The lowest BCUT2D eigenvalue weighted by molar-refractivity contribution is -0.127. The summed E-state index contributed by atoms with van der Waals surface area (Å²) in [6.07, 6.45) is 2.34. The number of halogens is 1. The number of anilines is 1. The summed E-state index contributed by atoms with van der Waals surface area (Å²) in [4.78, 5) is 28.4. The molecule has 0 aliphatic heterocycles. The van der Waals surface area contributed by atoms with E-state index in [1.807, 2.05) is 6.07 Å². The van der Waals surface area contributed by atoms with Gasteiger partial charge >= 0.3 is 0 Å². The van der Waals surface area contributed by atoms with Gasteiger partial charge in [-0.15, -0.1) is 0 Å². The zero-order valence-electron chi connectivity index (χ0n) is 15.8. The maximum absolute atomic E-state index is 12.9. The topological polar surface area (TPSA) is 80.3 Å². The van der Waals surface area contributed by atoms with Gasteiger partial charge in [-0.05, 0) is 61.0 Å². The van der Waals surface area contributed by atoms with Crippen molar-refractivity contribution < 1.29 is 18.7 Å².